The lowest BCUT2D eigenvalue weighted by Gasteiger charge is -2.08. The molecule has 0 unspecified atom stereocenters. The Morgan fingerprint density at radius 2 is 2.00 bits per heavy atom. The third-order valence-electron chi connectivity index (χ3n) is 2.67. The van der Waals surface area contributed by atoms with Gasteiger partial charge in [0.25, 0.3) is 0 Å². The molecule has 2 aromatic rings. The van der Waals surface area contributed by atoms with Gasteiger partial charge in [-0.05, 0) is 19.1 Å². The van der Waals surface area contributed by atoms with Crippen LogP contribution in [0.4, 0.5) is 0 Å². The van der Waals surface area contributed by atoms with E-state index in [0.717, 1.165) is 11.3 Å². The highest BCUT2D eigenvalue weighted by molar-refractivity contribution is 6.35. The minimum atomic E-state index is 0.0671. The molecule has 6 heteroatoms. The molecule has 4 nitrogen and oxygen atoms in total. The fourth-order valence-electron chi connectivity index (χ4n) is 1.64. The number of rotatable bonds is 4. The molecule has 2 rings (SSSR count). The first kappa shape index (κ1) is 13.2. The smallest absolute Gasteiger partial charge is 0.138 e. The Labute approximate surface area is 115 Å². The van der Waals surface area contributed by atoms with Crippen LogP contribution < -0.4 is 5.32 Å². The van der Waals surface area contributed by atoms with Crippen LogP contribution in [0.5, 0.6) is 5.75 Å². The zero-order valence-corrected chi connectivity index (χ0v) is 11.3. The van der Waals surface area contributed by atoms with E-state index >= 15 is 0 Å². The topological polar surface area (TPSA) is 60.9 Å². The summed E-state index contributed by atoms with van der Waals surface area (Å²) in [5.74, 6) is 0.0671. The number of aryl methyl sites for hydroxylation is 1. The molecule has 96 valence electrons. The molecular weight excluding hydrogens is 273 g/mol. The van der Waals surface area contributed by atoms with Gasteiger partial charge in [0.05, 0.1) is 11.2 Å². The van der Waals surface area contributed by atoms with E-state index in [9.17, 15) is 5.11 Å². The Bertz CT molecular complexity index is 554. The lowest BCUT2D eigenvalue weighted by Crippen LogP contribution is -2.13. The molecule has 1 heterocycles. The number of aromatic hydroxyl groups is 1. The summed E-state index contributed by atoms with van der Waals surface area (Å²) in [6.45, 7) is 3.10. The molecule has 18 heavy (non-hydrogen) atoms. The van der Waals surface area contributed by atoms with Gasteiger partial charge in [0.1, 0.15) is 5.75 Å². The number of H-pyrrole nitrogens is 1. The van der Waals surface area contributed by atoms with Gasteiger partial charge in [-0.15, -0.1) is 0 Å². The second-order valence-electron chi connectivity index (χ2n) is 4.02. The number of aromatic amines is 1. The number of hydrogen-bond donors (Lipinski definition) is 3. The molecule has 0 fully saturated rings. The zero-order valence-electron chi connectivity index (χ0n) is 9.80. The SMILES string of the molecule is Cc1[nH]ncc1CNCc1cc(Cl)cc(Cl)c1O. The molecule has 0 aliphatic rings. The first-order valence-electron chi connectivity index (χ1n) is 5.44. The van der Waals surface area contributed by atoms with Gasteiger partial charge in [0, 0.05) is 34.9 Å². The van der Waals surface area contributed by atoms with Crippen LogP contribution in [-0.2, 0) is 13.1 Å². The van der Waals surface area contributed by atoms with Gasteiger partial charge in [-0.2, -0.15) is 5.10 Å². The van der Waals surface area contributed by atoms with Gasteiger partial charge in [-0.25, -0.2) is 0 Å². The predicted octanol–water partition coefficient (Wildman–Crippen LogP) is 3.02. The summed E-state index contributed by atoms with van der Waals surface area (Å²) in [5, 5.41) is 20.6. The molecule has 0 aliphatic carbocycles. The first-order chi connectivity index (χ1) is 8.58. The fourth-order valence-corrected chi connectivity index (χ4v) is 2.18. The third kappa shape index (κ3) is 2.96. The van der Waals surface area contributed by atoms with Crippen molar-refractivity contribution in [1.82, 2.24) is 15.5 Å². The Kier molecular flexibility index (Phi) is 4.11. The quantitative estimate of drug-likeness (QED) is 0.809. The molecule has 0 bridgehead atoms. The highest BCUT2D eigenvalue weighted by atomic mass is 35.5. The van der Waals surface area contributed by atoms with E-state index < -0.39 is 0 Å². The molecule has 0 amide bonds. The molecule has 3 N–H and O–H groups in total. The van der Waals surface area contributed by atoms with Crippen LogP contribution in [0.15, 0.2) is 18.3 Å². The van der Waals surface area contributed by atoms with Gasteiger partial charge in [-0.1, -0.05) is 23.2 Å². The normalized spacial score (nSPS) is 10.8. The highest BCUT2D eigenvalue weighted by Crippen LogP contribution is 2.30. The number of phenolic OH excluding ortho intramolecular Hbond substituents is 1. The van der Waals surface area contributed by atoms with Crippen molar-refractivity contribution in [2.24, 2.45) is 0 Å². The Balaban J connectivity index is 2.01. The van der Waals surface area contributed by atoms with Crippen LogP contribution in [0.3, 0.4) is 0 Å². The summed E-state index contributed by atoms with van der Waals surface area (Å²) in [6.07, 6.45) is 1.77. The maximum absolute atomic E-state index is 9.78. The summed E-state index contributed by atoms with van der Waals surface area (Å²) in [7, 11) is 0. The fraction of sp³-hybridized carbons (Fsp3) is 0.250. The Hall–Kier alpha value is -1.23. The summed E-state index contributed by atoms with van der Waals surface area (Å²) in [4.78, 5) is 0. The number of nitrogens with one attached hydrogen (secondary N) is 2. The van der Waals surface area contributed by atoms with Crippen molar-refractivity contribution in [3.8, 4) is 5.75 Å². The standard InChI is InChI=1S/C12H13Cl2N3O/c1-7-9(6-16-17-7)5-15-4-8-2-10(13)3-11(14)12(8)18/h2-3,6,15,18H,4-5H2,1H3,(H,16,17). The lowest BCUT2D eigenvalue weighted by molar-refractivity contribution is 0.464. The molecule has 0 saturated carbocycles. The summed E-state index contributed by atoms with van der Waals surface area (Å²) in [5.41, 5.74) is 2.78. The molecule has 1 aromatic carbocycles. The molecule has 0 saturated heterocycles. The van der Waals surface area contributed by atoms with E-state index in [1.165, 1.54) is 6.07 Å². The number of aromatic nitrogens is 2. The van der Waals surface area contributed by atoms with Crippen LogP contribution in [-0.4, -0.2) is 15.3 Å². The van der Waals surface area contributed by atoms with E-state index in [1.807, 2.05) is 6.92 Å². The van der Waals surface area contributed by atoms with Gasteiger partial charge in [0.15, 0.2) is 0 Å². The Morgan fingerprint density at radius 3 is 2.67 bits per heavy atom. The molecule has 0 aliphatic heterocycles. The summed E-state index contributed by atoms with van der Waals surface area (Å²) < 4.78 is 0. The lowest BCUT2D eigenvalue weighted by atomic mass is 10.2. The number of halogens is 2. The minimum absolute atomic E-state index is 0.0671. The van der Waals surface area contributed by atoms with Gasteiger partial charge >= 0.3 is 0 Å². The summed E-state index contributed by atoms with van der Waals surface area (Å²) in [6, 6.07) is 3.21. The second-order valence-corrected chi connectivity index (χ2v) is 4.86. The van der Waals surface area contributed by atoms with Crippen LogP contribution in [0.2, 0.25) is 10.0 Å². The predicted molar refractivity (Wildman–Crippen MR) is 72.0 cm³/mol. The average molecular weight is 286 g/mol. The van der Waals surface area contributed by atoms with E-state index in [0.29, 0.717) is 23.7 Å². The number of nitrogens with zero attached hydrogens (tertiary/aromatic N) is 1. The second kappa shape index (κ2) is 5.61. The molecule has 1 aromatic heterocycles. The van der Waals surface area contributed by atoms with Crippen LogP contribution in [0.25, 0.3) is 0 Å². The van der Waals surface area contributed by atoms with Crippen molar-refractivity contribution in [3.05, 3.63) is 45.2 Å². The van der Waals surface area contributed by atoms with Crippen LogP contribution >= 0.6 is 23.2 Å². The van der Waals surface area contributed by atoms with Crippen LogP contribution in [0, 0.1) is 6.92 Å². The van der Waals surface area contributed by atoms with Crippen molar-refractivity contribution in [3.63, 3.8) is 0 Å². The van der Waals surface area contributed by atoms with Crippen molar-refractivity contribution >= 4 is 23.2 Å². The van der Waals surface area contributed by atoms with Crippen molar-refractivity contribution < 1.29 is 5.11 Å². The first-order valence-corrected chi connectivity index (χ1v) is 6.20. The zero-order chi connectivity index (χ0) is 13.1. The minimum Gasteiger partial charge on any atom is -0.506 e. The number of hydrogen-bond acceptors (Lipinski definition) is 3. The molecule has 0 spiro atoms. The average Bonchev–Trinajstić information content (AvgIpc) is 2.71. The van der Waals surface area contributed by atoms with Gasteiger partial charge < -0.3 is 10.4 Å². The molecular formula is C12H13Cl2N3O. The molecule has 0 atom stereocenters. The van der Waals surface area contributed by atoms with E-state index in [-0.39, 0.29) is 10.8 Å². The van der Waals surface area contributed by atoms with Gasteiger partial charge in [-0.3, -0.25) is 5.10 Å². The monoisotopic (exact) mass is 285 g/mol. The Morgan fingerprint density at radius 1 is 1.28 bits per heavy atom. The molecule has 0 radical (unpaired) electrons. The van der Waals surface area contributed by atoms with Crippen LogP contribution in [0.1, 0.15) is 16.8 Å². The van der Waals surface area contributed by atoms with Crippen molar-refractivity contribution in [2.75, 3.05) is 0 Å². The van der Waals surface area contributed by atoms with Crippen molar-refractivity contribution in [2.45, 2.75) is 20.0 Å². The van der Waals surface area contributed by atoms with Crippen molar-refractivity contribution in [1.29, 1.82) is 0 Å². The highest BCUT2D eigenvalue weighted by Gasteiger charge is 2.08. The van der Waals surface area contributed by atoms with E-state index in [2.05, 4.69) is 15.5 Å². The summed E-state index contributed by atoms with van der Waals surface area (Å²) >= 11 is 11.7. The van der Waals surface area contributed by atoms with Gasteiger partial charge in [0.2, 0.25) is 0 Å². The number of benzene rings is 1. The maximum Gasteiger partial charge on any atom is 0.138 e. The largest absolute Gasteiger partial charge is 0.506 e. The van der Waals surface area contributed by atoms with E-state index in [1.54, 1.807) is 12.3 Å². The number of phenols is 1. The third-order valence-corrected chi connectivity index (χ3v) is 3.18. The maximum atomic E-state index is 9.78. The van der Waals surface area contributed by atoms with E-state index in [4.69, 9.17) is 23.2 Å².